The molecule has 0 amide bonds. The zero-order valence-electron chi connectivity index (χ0n) is 8.97. The number of halogens is 1. The second kappa shape index (κ2) is 3.86. The fourth-order valence-electron chi connectivity index (χ4n) is 1.89. The lowest BCUT2D eigenvalue weighted by atomic mass is 10.2. The van der Waals surface area contributed by atoms with E-state index in [1.807, 2.05) is 24.3 Å². The van der Waals surface area contributed by atoms with E-state index in [0.717, 1.165) is 24.2 Å². The average molecular weight is 245 g/mol. The predicted molar refractivity (Wildman–Crippen MR) is 63.1 cm³/mol. The molecule has 2 aromatic rings. The molecule has 3 rings (SSSR count). The second-order valence-corrected chi connectivity index (χ2v) is 4.54. The van der Waals surface area contributed by atoms with Crippen LogP contribution in [0, 0.1) is 11.3 Å². The number of rotatable bonds is 2. The van der Waals surface area contributed by atoms with Crippen molar-refractivity contribution in [3.05, 3.63) is 40.7 Å². The van der Waals surface area contributed by atoms with E-state index in [9.17, 15) is 0 Å². The molecule has 1 aromatic heterocycles. The number of hydrogen-bond donors (Lipinski definition) is 0. The summed E-state index contributed by atoms with van der Waals surface area (Å²) >= 11 is 5.96. The van der Waals surface area contributed by atoms with Gasteiger partial charge in [0.25, 0.3) is 0 Å². The summed E-state index contributed by atoms with van der Waals surface area (Å²) in [5, 5.41) is 17.6. The molecule has 17 heavy (non-hydrogen) atoms. The van der Waals surface area contributed by atoms with Crippen LogP contribution in [0.15, 0.2) is 24.3 Å². The lowest BCUT2D eigenvalue weighted by Crippen LogP contribution is -2.01. The molecule has 1 fully saturated rings. The number of hydrogen-bond acceptors (Lipinski definition) is 3. The molecule has 0 N–H and O–H groups in total. The van der Waals surface area contributed by atoms with E-state index in [1.54, 1.807) is 4.68 Å². The van der Waals surface area contributed by atoms with Gasteiger partial charge >= 0.3 is 0 Å². The van der Waals surface area contributed by atoms with Gasteiger partial charge in [0, 0.05) is 10.9 Å². The van der Waals surface area contributed by atoms with Gasteiger partial charge in [-0.2, -0.15) is 5.26 Å². The van der Waals surface area contributed by atoms with Crippen LogP contribution in [0.1, 0.15) is 30.1 Å². The zero-order valence-corrected chi connectivity index (χ0v) is 9.72. The van der Waals surface area contributed by atoms with Crippen LogP contribution in [-0.2, 0) is 0 Å². The molecule has 1 aliphatic rings. The van der Waals surface area contributed by atoms with Gasteiger partial charge in [-0.05, 0) is 31.0 Å². The molecule has 0 spiro atoms. The van der Waals surface area contributed by atoms with Crippen molar-refractivity contribution >= 4 is 11.6 Å². The minimum Gasteiger partial charge on any atom is -0.216 e. The minimum atomic E-state index is 0.415. The molecule has 1 heterocycles. The summed E-state index contributed by atoms with van der Waals surface area (Å²) in [6, 6.07) is 9.50. The second-order valence-electron chi connectivity index (χ2n) is 4.10. The maximum absolute atomic E-state index is 9.02. The molecule has 4 nitrogen and oxygen atoms in total. The van der Waals surface area contributed by atoms with Gasteiger partial charge in [-0.15, -0.1) is 5.10 Å². The Balaban J connectivity index is 2.15. The Morgan fingerprint density at radius 2 is 2.24 bits per heavy atom. The summed E-state index contributed by atoms with van der Waals surface area (Å²) in [5.41, 5.74) is 2.19. The first-order valence-corrected chi connectivity index (χ1v) is 5.79. The fraction of sp³-hybridized carbons (Fsp3) is 0.250. The smallest absolute Gasteiger partial charge is 0.186 e. The lowest BCUT2D eigenvalue weighted by Gasteiger charge is -2.05. The van der Waals surface area contributed by atoms with E-state index in [0.29, 0.717) is 16.6 Å². The van der Waals surface area contributed by atoms with E-state index >= 15 is 0 Å². The first kappa shape index (κ1) is 10.3. The van der Waals surface area contributed by atoms with Crippen LogP contribution in [0.2, 0.25) is 5.02 Å². The van der Waals surface area contributed by atoms with E-state index in [4.69, 9.17) is 16.9 Å². The molecule has 0 bridgehead atoms. The summed E-state index contributed by atoms with van der Waals surface area (Å²) < 4.78 is 1.72. The molecule has 0 saturated heterocycles. The largest absolute Gasteiger partial charge is 0.216 e. The summed E-state index contributed by atoms with van der Waals surface area (Å²) in [6.45, 7) is 0. The van der Waals surface area contributed by atoms with Crippen molar-refractivity contribution < 1.29 is 0 Å². The van der Waals surface area contributed by atoms with Gasteiger partial charge in [0.2, 0.25) is 0 Å². The van der Waals surface area contributed by atoms with E-state index in [1.165, 1.54) is 0 Å². The highest BCUT2D eigenvalue weighted by molar-refractivity contribution is 6.30. The van der Waals surface area contributed by atoms with Gasteiger partial charge in [-0.25, -0.2) is 4.68 Å². The first-order chi connectivity index (χ1) is 8.29. The summed E-state index contributed by atoms with van der Waals surface area (Å²) in [5.74, 6) is 0.415. The molecule has 1 aliphatic carbocycles. The minimum absolute atomic E-state index is 0.415. The van der Waals surface area contributed by atoms with Crippen molar-refractivity contribution in [2.45, 2.75) is 18.8 Å². The van der Waals surface area contributed by atoms with Crippen LogP contribution in [0.5, 0.6) is 0 Å². The van der Waals surface area contributed by atoms with Crippen molar-refractivity contribution in [3.8, 4) is 11.8 Å². The normalized spacial score (nSPS) is 14.6. The van der Waals surface area contributed by atoms with Crippen LogP contribution in [0.3, 0.4) is 0 Å². The monoisotopic (exact) mass is 244 g/mol. The van der Waals surface area contributed by atoms with Crippen molar-refractivity contribution in [2.24, 2.45) is 0 Å². The Morgan fingerprint density at radius 3 is 2.88 bits per heavy atom. The van der Waals surface area contributed by atoms with Crippen molar-refractivity contribution in [3.63, 3.8) is 0 Å². The van der Waals surface area contributed by atoms with E-state index < -0.39 is 0 Å². The van der Waals surface area contributed by atoms with Gasteiger partial charge in [-0.1, -0.05) is 22.9 Å². The molecular formula is C12H9ClN4. The predicted octanol–water partition coefficient (Wildman–Crippen LogP) is 2.67. The van der Waals surface area contributed by atoms with Gasteiger partial charge in [0.15, 0.2) is 5.69 Å². The molecule has 1 aromatic carbocycles. The lowest BCUT2D eigenvalue weighted by molar-refractivity contribution is 0.764. The third kappa shape index (κ3) is 1.79. The van der Waals surface area contributed by atoms with Crippen LogP contribution in [0.4, 0.5) is 0 Å². The van der Waals surface area contributed by atoms with Crippen LogP contribution in [-0.4, -0.2) is 15.0 Å². The Labute approximate surface area is 103 Å². The highest BCUT2D eigenvalue weighted by atomic mass is 35.5. The maximum Gasteiger partial charge on any atom is 0.186 e. The molecule has 0 radical (unpaired) electrons. The Morgan fingerprint density at radius 1 is 1.41 bits per heavy atom. The van der Waals surface area contributed by atoms with Crippen LogP contribution >= 0.6 is 11.6 Å². The van der Waals surface area contributed by atoms with Crippen LogP contribution < -0.4 is 0 Å². The Bertz CT molecular complexity index is 607. The Hall–Kier alpha value is -1.86. The molecule has 0 atom stereocenters. The van der Waals surface area contributed by atoms with Gasteiger partial charge in [-0.3, -0.25) is 0 Å². The molecule has 5 heteroatoms. The first-order valence-electron chi connectivity index (χ1n) is 5.41. The van der Waals surface area contributed by atoms with Crippen molar-refractivity contribution in [1.29, 1.82) is 5.26 Å². The number of nitriles is 1. The topological polar surface area (TPSA) is 54.5 Å². The summed E-state index contributed by atoms with van der Waals surface area (Å²) in [7, 11) is 0. The maximum atomic E-state index is 9.02. The van der Waals surface area contributed by atoms with Gasteiger partial charge < -0.3 is 0 Å². The van der Waals surface area contributed by atoms with Crippen molar-refractivity contribution in [1.82, 2.24) is 15.0 Å². The summed E-state index contributed by atoms with van der Waals surface area (Å²) in [6.07, 6.45) is 2.20. The SMILES string of the molecule is N#Cc1nnn(-c2cccc(Cl)c2)c1C1CC1. The zero-order chi connectivity index (χ0) is 11.8. The third-order valence-corrected chi connectivity index (χ3v) is 3.06. The third-order valence-electron chi connectivity index (χ3n) is 2.83. The average Bonchev–Trinajstić information content (AvgIpc) is 3.08. The Kier molecular flexibility index (Phi) is 2.34. The van der Waals surface area contributed by atoms with Crippen LogP contribution in [0.25, 0.3) is 5.69 Å². The van der Waals surface area contributed by atoms with E-state index in [2.05, 4.69) is 16.4 Å². The number of benzene rings is 1. The number of aromatic nitrogens is 3. The molecular weight excluding hydrogens is 236 g/mol. The highest BCUT2D eigenvalue weighted by Crippen LogP contribution is 2.41. The molecule has 0 aliphatic heterocycles. The fourth-order valence-corrected chi connectivity index (χ4v) is 2.07. The quantitative estimate of drug-likeness (QED) is 0.816. The van der Waals surface area contributed by atoms with Gasteiger partial charge in [0.1, 0.15) is 6.07 Å². The summed E-state index contributed by atoms with van der Waals surface area (Å²) in [4.78, 5) is 0. The van der Waals surface area contributed by atoms with E-state index in [-0.39, 0.29) is 0 Å². The van der Waals surface area contributed by atoms with Crippen molar-refractivity contribution in [2.75, 3.05) is 0 Å². The standard InChI is InChI=1S/C12H9ClN4/c13-9-2-1-3-10(6-9)17-12(8-4-5-8)11(7-14)15-16-17/h1-3,6,8H,4-5H2. The molecule has 84 valence electrons. The molecule has 1 saturated carbocycles. The van der Waals surface area contributed by atoms with Gasteiger partial charge in [0.05, 0.1) is 11.4 Å². The number of nitrogens with zero attached hydrogens (tertiary/aromatic N) is 4. The highest BCUT2D eigenvalue weighted by Gasteiger charge is 2.31. The molecule has 0 unspecified atom stereocenters.